The summed E-state index contributed by atoms with van der Waals surface area (Å²) in [4.78, 5) is 0. The van der Waals surface area contributed by atoms with Crippen molar-refractivity contribution in [3.8, 4) is 11.5 Å². The summed E-state index contributed by atoms with van der Waals surface area (Å²) in [5.41, 5.74) is 6.41. The molecule has 18 heavy (non-hydrogen) atoms. The fourth-order valence-corrected chi connectivity index (χ4v) is 1.72. The van der Waals surface area contributed by atoms with Gasteiger partial charge in [0, 0.05) is 11.1 Å². The first kappa shape index (κ1) is 12.9. The molecule has 94 valence electrons. The summed E-state index contributed by atoms with van der Waals surface area (Å²) >= 11 is 5.83. The Hall–Kier alpha value is -1.58. The van der Waals surface area contributed by atoms with Crippen molar-refractivity contribution in [2.75, 3.05) is 0 Å². The molecule has 0 aliphatic carbocycles. The minimum absolute atomic E-state index is 0.154. The van der Waals surface area contributed by atoms with Crippen LogP contribution in [-0.2, 0) is 0 Å². The van der Waals surface area contributed by atoms with Gasteiger partial charge < -0.3 is 10.5 Å². The van der Waals surface area contributed by atoms with Gasteiger partial charge >= 0.3 is 0 Å². The first-order chi connectivity index (χ1) is 8.56. The number of nitrogens with two attached hydrogens (primary N) is 1. The fraction of sp³-hybridized carbons (Fsp3) is 0.143. The van der Waals surface area contributed by atoms with Crippen molar-refractivity contribution < 1.29 is 9.13 Å². The highest BCUT2D eigenvalue weighted by Gasteiger charge is 2.08. The summed E-state index contributed by atoms with van der Waals surface area (Å²) in [6.45, 7) is 1.80. The maximum absolute atomic E-state index is 13.8. The number of halogens is 2. The zero-order valence-electron chi connectivity index (χ0n) is 9.86. The average Bonchev–Trinajstić information content (AvgIpc) is 2.31. The van der Waals surface area contributed by atoms with E-state index in [1.807, 2.05) is 0 Å². The van der Waals surface area contributed by atoms with Crippen molar-refractivity contribution in [3.63, 3.8) is 0 Å². The lowest BCUT2D eigenvalue weighted by Crippen LogP contribution is -2.05. The number of ether oxygens (including phenoxy) is 1. The SMILES string of the molecule is C[C@H](N)c1ccc(Oc2cccc(Cl)c2)c(F)c1. The monoisotopic (exact) mass is 265 g/mol. The number of hydrogen-bond donors (Lipinski definition) is 1. The topological polar surface area (TPSA) is 35.2 Å². The largest absolute Gasteiger partial charge is 0.454 e. The number of rotatable bonds is 3. The Labute approximate surface area is 110 Å². The van der Waals surface area contributed by atoms with Crippen LogP contribution in [0.1, 0.15) is 18.5 Å². The van der Waals surface area contributed by atoms with Crippen LogP contribution in [0.3, 0.4) is 0 Å². The molecule has 2 aromatic rings. The van der Waals surface area contributed by atoms with E-state index >= 15 is 0 Å². The smallest absolute Gasteiger partial charge is 0.166 e. The van der Waals surface area contributed by atoms with Gasteiger partial charge in [-0.1, -0.05) is 23.7 Å². The summed E-state index contributed by atoms with van der Waals surface area (Å²) < 4.78 is 19.2. The highest BCUT2D eigenvalue weighted by atomic mass is 35.5. The van der Waals surface area contributed by atoms with E-state index in [2.05, 4.69) is 0 Å². The second-order valence-corrected chi connectivity index (χ2v) is 4.47. The van der Waals surface area contributed by atoms with Gasteiger partial charge in [0.1, 0.15) is 5.75 Å². The Morgan fingerprint density at radius 2 is 2.00 bits per heavy atom. The van der Waals surface area contributed by atoms with Crippen molar-refractivity contribution in [3.05, 3.63) is 58.9 Å². The Kier molecular flexibility index (Phi) is 3.84. The Morgan fingerprint density at radius 3 is 2.61 bits per heavy atom. The average molecular weight is 266 g/mol. The van der Waals surface area contributed by atoms with Gasteiger partial charge in [-0.15, -0.1) is 0 Å². The van der Waals surface area contributed by atoms with Crippen molar-refractivity contribution >= 4 is 11.6 Å². The van der Waals surface area contributed by atoms with Crippen LogP contribution in [0, 0.1) is 5.82 Å². The molecule has 0 bridgehead atoms. The highest BCUT2D eigenvalue weighted by Crippen LogP contribution is 2.27. The second kappa shape index (κ2) is 5.38. The molecule has 0 amide bonds. The van der Waals surface area contributed by atoms with Gasteiger partial charge in [0.25, 0.3) is 0 Å². The van der Waals surface area contributed by atoms with Crippen LogP contribution in [0.25, 0.3) is 0 Å². The Bertz CT molecular complexity index is 557. The molecule has 0 fully saturated rings. The molecule has 0 saturated carbocycles. The lowest BCUT2D eigenvalue weighted by molar-refractivity contribution is 0.441. The highest BCUT2D eigenvalue weighted by molar-refractivity contribution is 6.30. The van der Waals surface area contributed by atoms with Gasteiger partial charge in [-0.3, -0.25) is 0 Å². The molecule has 1 atom stereocenters. The molecule has 0 spiro atoms. The molecule has 0 aliphatic heterocycles. The first-order valence-corrected chi connectivity index (χ1v) is 5.92. The van der Waals surface area contributed by atoms with E-state index in [0.717, 1.165) is 5.56 Å². The predicted molar refractivity (Wildman–Crippen MR) is 70.5 cm³/mol. The van der Waals surface area contributed by atoms with E-state index in [1.165, 1.54) is 6.07 Å². The quantitative estimate of drug-likeness (QED) is 0.898. The summed E-state index contributed by atoms with van der Waals surface area (Å²) in [5, 5.41) is 0.542. The molecule has 2 aromatic carbocycles. The fourth-order valence-electron chi connectivity index (χ4n) is 1.54. The maximum Gasteiger partial charge on any atom is 0.166 e. The molecule has 0 unspecified atom stereocenters. The summed E-state index contributed by atoms with van der Waals surface area (Å²) in [7, 11) is 0. The van der Waals surface area contributed by atoms with E-state index in [0.29, 0.717) is 10.8 Å². The minimum atomic E-state index is -0.440. The third kappa shape index (κ3) is 3.00. The van der Waals surface area contributed by atoms with Gasteiger partial charge in [-0.2, -0.15) is 0 Å². The van der Waals surface area contributed by atoms with Crippen molar-refractivity contribution in [2.24, 2.45) is 5.73 Å². The van der Waals surface area contributed by atoms with Crippen molar-refractivity contribution in [1.82, 2.24) is 0 Å². The van der Waals surface area contributed by atoms with Crippen LogP contribution in [0.15, 0.2) is 42.5 Å². The van der Waals surface area contributed by atoms with E-state index < -0.39 is 5.82 Å². The van der Waals surface area contributed by atoms with E-state index in [9.17, 15) is 4.39 Å². The van der Waals surface area contributed by atoms with Gasteiger partial charge in [0.05, 0.1) is 0 Å². The molecule has 0 aromatic heterocycles. The van der Waals surface area contributed by atoms with Crippen LogP contribution >= 0.6 is 11.6 Å². The third-order valence-electron chi connectivity index (χ3n) is 2.51. The van der Waals surface area contributed by atoms with E-state index in [4.69, 9.17) is 22.1 Å². The molecule has 2 rings (SSSR count). The molecule has 0 aliphatic rings. The van der Waals surface area contributed by atoms with Gasteiger partial charge in [0.2, 0.25) is 0 Å². The minimum Gasteiger partial charge on any atom is -0.454 e. The Morgan fingerprint density at radius 1 is 1.22 bits per heavy atom. The normalized spacial score (nSPS) is 12.2. The molecule has 0 heterocycles. The number of hydrogen-bond acceptors (Lipinski definition) is 2. The predicted octanol–water partition coefficient (Wildman–Crippen LogP) is 4.29. The van der Waals surface area contributed by atoms with Gasteiger partial charge in [0.15, 0.2) is 11.6 Å². The lowest BCUT2D eigenvalue weighted by Gasteiger charge is -2.10. The standard InChI is InChI=1S/C14H13ClFNO/c1-9(17)10-5-6-14(13(16)7-10)18-12-4-2-3-11(15)8-12/h2-9H,17H2,1H3/t9-/m0/s1. The Balaban J connectivity index is 2.24. The van der Waals surface area contributed by atoms with Gasteiger partial charge in [-0.25, -0.2) is 4.39 Å². The van der Waals surface area contributed by atoms with Crippen LogP contribution in [-0.4, -0.2) is 0 Å². The van der Waals surface area contributed by atoms with E-state index in [1.54, 1.807) is 43.3 Å². The molecule has 0 radical (unpaired) electrons. The van der Waals surface area contributed by atoms with Crippen molar-refractivity contribution in [2.45, 2.75) is 13.0 Å². The molecular formula is C14H13ClFNO. The first-order valence-electron chi connectivity index (χ1n) is 5.54. The lowest BCUT2D eigenvalue weighted by atomic mass is 10.1. The van der Waals surface area contributed by atoms with Gasteiger partial charge in [-0.05, 0) is 42.8 Å². The molecular weight excluding hydrogens is 253 g/mol. The van der Waals surface area contributed by atoms with Crippen LogP contribution < -0.4 is 10.5 Å². The van der Waals surface area contributed by atoms with Crippen LogP contribution in [0.2, 0.25) is 5.02 Å². The molecule has 2 nitrogen and oxygen atoms in total. The second-order valence-electron chi connectivity index (χ2n) is 4.04. The molecule has 4 heteroatoms. The van der Waals surface area contributed by atoms with Crippen molar-refractivity contribution in [1.29, 1.82) is 0 Å². The third-order valence-corrected chi connectivity index (χ3v) is 2.74. The zero-order chi connectivity index (χ0) is 13.1. The van der Waals surface area contributed by atoms with E-state index in [-0.39, 0.29) is 11.8 Å². The molecule has 0 saturated heterocycles. The van der Waals surface area contributed by atoms with Crippen LogP contribution in [0.5, 0.6) is 11.5 Å². The maximum atomic E-state index is 13.8. The number of benzene rings is 2. The molecule has 2 N–H and O–H groups in total. The zero-order valence-corrected chi connectivity index (χ0v) is 10.6. The van der Waals surface area contributed by atoms with Crippen LogP contribution in [0.4, 0.5) is 4.39 Å². The summed E-state index contributed by atoms with van der Waals surface area (Å²) in [6, 6.07) is 11.3. The summed E-state index contributed by atoms with van der Waals surface area (Å²) in [6.07, 6.45) is 0. The summed E-state index contributed by atoms with van der Waals surface area (Å²) in [5.74, 6) is 0.210.